The molecule has 0 spiro atoms. The first-order valence-corrected chi connectivity index (χ1v) is 9.08. The number of amides is 1. The Kier molecular flexibility index (Phi) is 5.97. The largest absolute Gasteiger partial charge is 0.322 e. The summed E-state index contributed by atoms with van der Waals surface area (Å²) in [4.78, 5) is 14.5. The molecular formula is C16H23ClN2OS. The molecule has 3 nitrogen and oxygen atoms in total. The molecule has 1 fully saturated rings. The SMILES string of the molecule is CCC1NC(c2ccc(Cl)cc2)N(CCC(C)SC)C1=O. The summed E-state index contributed by atoms with van der Waals surface area (Å²) in [5.41, 5.74) is 1.10. The van der Waals surface area contributed by atoms with Crippen LogP contribution in [0.5, 0.6) is 0 Å². The van der Waals surface area contributed by atoms with Crippen molar-refractivity contribution in [3.8, 4) is 0 Å². The molecule has 0 saturated carbocycles. The molecule has 0 radical (unpaired) electrons. The summed E-state index contributed by atoms with van der Waals surface area (Å²) in [6.45, 7) is 5.04. The monoisotopic (exact) mass is 326 g/mol. The molecule has 0 bridgehead atoms. The molecule has 2 rings (SSSR count). The van der Waals surface area contributed by atoms with E-state index in [9.17, 15) is 4.79 Å². The molecule has 3 unspecified atom stereocenters. The molecule has 1 heterocycles. The Morgan fingerprint density at radius 2 is 2.05 bits per heavy atom. The highest BCUT2D eigenvalue weighted by Crippen LogP contribution is 2.28. The first kappa shape index (κ1) is 16.7. The maximum absolute atomic E-state index is 12.5. The molecule has 0 aliphatic carbocycles. The maximum atomic E-state index is 12.5. The van der Waals surface area contributed by atoms with E-state index in [4.69, 9.17) is 11.6 Å². The van der Waals surface area contributed by atoms with E-state index in [1.54, 1.807) is 0 Å². The van der Waals surface area contributed by atoms with Gasteiger partial charge in [-0.05, 0) is 36.8 Å². The minimum atomic E-state index is -0.0738. The van der Waals surface area contributed by atoms with Crippen LogP contribution in [0.15, 0.2) is 24.3 Å². The number of hydrogen-bond acceptors (Lipinski definition) is 3. The van der Waals surface area contributed by atoms with Gasteiger partial charge in [-0.15, -0.1) is 0 Å². The van der Waals surface area contributed by atoms with Crippen LogP contribution in [0, 0.1) is 0 Å². The third-order valence-electron chi connectivity index (χ3n) is 4.02. The fourth-order valence-corrected chi connectivity index (χ4v) is 3.04. The van der Waals surface area contributed by atoms with E-state index in [1.807, 2.05) is 47.9 Å². The molecule has 1 aromatic rings. The first-order chi connectivity index (χ1) is 10.1. The number of halogens is 1. The molecule has 0 aromatic heterocycles. The third-order valence-corrected chi connectivity index (χ3v) is 5.32. The fourth-order valence-electron chi connectivity index (χ4n) is 2.57. The van der Waals surface area contributed by atoms with Crippen LogP contribution in [0.25, 0.3) is 0 Å². The zero-order valence-electron chi connectivity index (χ0n) is 12.8. The number of carbonyl (C=O) groups excluding carboxylic acids is 1. The Bertz CT molecular complexity index is 480. The van der Waals surface area contributed by atoms with Gasteiger partial charge >= 0.3 is 0 Å². The van der Waals surface area contributed by atoms with Gasteiger partial charge in [-0.2, -0.15) is 11.8 Å². The molecule has 5 heteroatoms. The van der Waals surface area contributed by atoms with Crippen molar-refractivity contribution in [3.05, 3.63) is 34.9 Å². The van der Waals surface area contributed by atoms with E-state index >= 15 is 0 Å². The molecule has 1 aromatic carbocycles. The fraction of sp³-hybridized carbons (Fsp3) is 0.562. The number of hydrogen-bond donors (Lipinski definition) is 1. The van der Waals surface area contributed by atoms with Crippen LogP contribution < -0.4 is 5.32 Å². The van der Waals surface area contributed by atoms with Crippen molar-refractivity contribution in [1.82, 2.24) is 10.2 Å². The van der Waals surface area contributed by atoms with Gasteiger partial charge in [0.15, 0.2) is 0 Å². The highest BCUT2D eigenvalue weighted by Gasteiger charge is 2.38. The van der Waals surface area contributed by atoms with Gasteiger partial charge in [-0.3, -0.25) is 10.1 Å². The summed E-state index contributed by atoms with van der Waals surface area (Å²) < 4.78 is 0. The topological polar surface area (TPSA) is 32.3 Å². The predicted octanol–water partition coefficient (Wildman–Crippen LogP) is 3.69. The van der Waals surface area contributed by atoms with E-state index in [0.29, 0.717) is 5.25 Å². The minimum absolute atomic E-state index is 0.0335. The lowest BCUT2D eigenvalue weighted by Gasteiger charge is -2.25. The Balaban J connectivity index is 2.15. The van der Waals surface area contributed by atoms with Gasteiger partial charge in [-0.25, -0.2) is 0 Å². The smallest absolute Gasteiger partial charge is 0.241 e. The minimum Gasteiger partial charge on any atom is -0.322 e. The second kappa shape index (κ2) is 7.52. The molecule has 1 aliphatic rings. The van der Waals surface area contributed by atoms with Gasteiger partial charge in [0.1, 0.15) is 6.17 Å². The zero-order valence-corrected chi connectivity index (χ0v) is 14.4. The highest BCUT2D eigenvalue weighted by molar-refractivity contribution is 7.99. The number of carbonyl (C=O) groups is 1. The average Bonchev–Trinajstić information content (AvgIpc) is 2.81. The van der Waals surface area contributed by atoms with Crippen LogP contribution in [0.2, 0.25) is 5.02 Å². The van der Waals surface area contributed by atoms with Crippen molar-refractivity contribution in [1.29, 1.82) is 0 Å². The van der Waals surface area contributed by atoms with Crippen LogP contribution in [-0.2, 0) is 4.79 Å². The van der Waals surface area contributed by atoms with E-state index in [-0.39, 0.29) is 18.1 Å². The zero-order chi connectivity index (χ0) is 15.4. The lowest BCUT2D eigenvalue weighted by atomic mass is 10.1. The molecule has 1 amide bonds. The van der Waals surface area contributed by atoms with Crippen molar-refractivity contribution in [2.75, 3.05) is 12.8 Å². The molecule has 1 aliphatic heterocycles. The highest BCUT2D eigenvalue weighted by atomic mass is 35.5. The van der Waals surface area contributed by atoms with Gasteiger partial charge in [-0.1, -0.05) is 37.6 Å². The van der Waals surface area contributed by atoms with Gasteiger partial charge in [0.2, 0.25) is 5.91 Å². The van der Waals surface area contributed by atoms with E-state index < -0.39 is 0 Å². The van der Waals surface area contributed by atoms with Crippen molar-refractivity contribution >= 4 is 29.3 Å². The summed E-state index contributed by atoms with van der Waals surface area (Å²) in [7, 11) is 0. The maximum Gasteiger partial charge on any atom is 0.241 e. The average molecular weight is 327 g/mol. The van der Waals surface area contributed by atoms with Crippen LogP contribution in [-0.4, -0.2) is 34.9 Å². The molecule has 1 saturated heterocycles. The summed E-state index contributed by atoms with van der Waals surface area (Å²) in [6.07, 6.45) is 3.90. The molecule has 1 N–H and O–H groups in total. The van der Waals surface area contributed by atoms with Gasteiger partial charge < -0.3 is 4.90 Å². The van der Waals surface area contributed by atoms with Gasteiger partial charge in [0, 0.05) is 16.8 Å². The van der Waals surface area contributed by atoms with Crippen LogP contribution in [0.3, 0.4) is 0 Å². The Hall–Kier alpha value is -0.710. The van der Waals surface area contributed by atoms with E-state index in [1.165, 1.54) is 0 Å². The lowest BCUT2D eigenvalue weighted by molar-refractivity contribution is -0.130. The first-order valence-electron chi connectivity index (χ1n) is 7.41. The van der Waals surface area contributed by atoms with Crippen LogP contribution in [0.4, 0.5) is 0 Å². The molecule has 3 atom stereocenters. The van der Waals surface area contributed by atoms with Gasteiger partial charge in [0.25, 0.3) is 0 Å². The summed E-state index contributed by atoms with van der Waals surface area (Å²) >= 11 is 7.80. The Morgan fingerprint density at radius 3 is 2.62 bits per heavy atom. The van der Waals surface area contributed by atoms with Crippen molar-refractivity contribution in [2.45, 2.75) is 44.1 Å². The number of benzene rings is 1. The molecule has 116 valence electrons. The van der Waals surface area contributed by atoms with Crippen molar-refractivity contribution in [2.24, 2.45) is 0 Å². The number of rotatable bonds is 6. The lowest BCUT2D eigenvalue weighted by Crippen LogP contribution is -2.32. The Morgan fingerprint density at radius 1 is 1.38 bits per heavy atom. The van der Waals surface area contributed by atoms with Crippen molar-refractivity contribution in [3.63, 3.8) is 0 Å². The standard InChI is InChI=1S/C16H23ClN2OS/c1-4-14-16(20)19(10-9-11(2)21-3)15(18-14)12-5-7-13(17)8-6-12/h5-8,11,14-15,18H,4,9-10H2,1-3H3. The molecular weight excluding hydrogens is 304 g/mol. The predicted molar refractivity (Wildman–Crippen MR) is 90.7 cm³/mol. The second-order valence-corrected chi connectivity index (χ2v) is 7.16. The third kappa shape index (κ3) is 3.93. The Labute approximate surface area is 136 Å². The number of nitrogens with zero attached hydrogens (tertiary/aromatic N) is 1. The second-order valence-electron chi connectivity index (χ2n) is 5.45. The van der Waals surface area contributed by atoms with E-state index in [2.05, 4.69) is 18.5 Å². The summed E-state index contributed by atoms with van der Waals surface area (Å²) in [5.74, 6) is 0.214. The molecule has 21 heavy (non-hydrogen) atoms. The van der Waals surface area contributed by atoms with Crippen molar-refractivity contribution < 1.29 is 4.79 Å². The number of thioether (sulfide) groups is 1. The normalized spacial score (nSPS) is 23.6. The van der Waals surface area contributed by atoms with Gasteiger partial charge in [0.05, 0.1) is 6.04 Å². The van der Waals surface area contributed by atoms with Crippen LogP contribution >= 0.6 is 23.4 Å². The summed E-state index contributed by atoms with van der Waals surface area (Å²) in [5, 5.41) is 4.72. The van der Waals surface area contributed by atoms with E-state index in [0.717, 1.165) is 30.0 Å². The number of nitrogens with one attached hydrogen (secondary N) is 1. The summed E-state index contributed by atoms with van der Waals surface area (Å²) in [6, 6.07) is 7.68. The quantitative estimate of drug-likeness (QED) is 0.865. The van der Waals surface area contributed by atoms with Crippen LogP contribution in [0.1, 0.15) is 38.4 Å².